The molecule has 0 aliphatic heterocycles. The lowest BCUT2D eigenvalue weighted by molar-refractivity contribution is -0.671. The highest BCUT2D eigenvalue weighted by Gasteiger charge is 2.14. The summed E-state index contributed by atoms with van der Waals surface area (Å²) in [6, 6.07) is 11.7. The Labute approximate surface area is 131 Å². The first-order chi connectivity index (χ1) is 10.8. The minimum absolute atomic E-state index is 0.381. The second-order valence-corrected chi connectivity index (χ2v) is 5.79. The van der Waals surface area contributed by atoms with E-state index in [1.165, 1.54) is 32.1 Å². The molecule has 2 aromatic rings. The molecule has 22 heavy (non-hydrogen) atoms. The molecule has 1 heterocycles. The molecule has 3 rings (SSSR count). The number of aryl methyl sites for hydroxylation is 1. The quantitative estimate of drug-likeness (QED) is 0.598. The number of aromatic nitrogens is 1. The highest BCUT2D eigenvalue weighted by atomic mass is 16.5. The van der Waals surface area contributed by atoms with Gasteiger partial charge in [-0.1, -0.05) is 6.42 Å². The van der Waals surface area contributed by atoms with E-state index in [-0.39, 0.29) is 0 Å². The van der Waals surface area contributed by atoms with Crippen molar-refractivity contribution in [1.29, 1.82) is 0 Å². The highest BCUT2D eigenvalue weighted by molar-refractivity contribution is 5.42. The van der Waals surface area contributed by atoms with Crippen molar-refractivity contribution in [2.24, 2.45) is 17.3 Å². The van der Waals surface area contributed by atoms with Crippen LogP contribution in [0.25, 0.3) is 0 Å². The molecule has 4 heteroatoms. The van der Waals surface area contributed by atoms with E-state index < -0.39 is 0 Å². The third-order valence-electron chi connectivity index (χ3n) is 3.93. The minimum Gasteiger partial charge on any atom is -0.490 e. The maximum atomic E-state index is 6.01. The molecule has 114 valence electrons. The first-order valence-corrected chi connectivity index (χ1v) is 7.93. The SMILES string of the molecule is C[n+]1ccc(N=Nc2ccc(OC3CCCCC3)cc2)cc1. The molecule has 0 atom stereocenters. The van der Waals surface area contributed by atoms with Crippen LogP contribution >= 0.6 is 0 Å². The monoisotopic (exact) mass is 296 g/mol. The van der Waals surface area contributed by atoms with Gasteiger partial charge in [0.25, 0.3) is 0 Å². The normalized spacial score (nSPS) is 16.0. The third-order valence-corrected chi connectivity index (χ3v) is 3.93. The molecule has 0 saturated heterocycles. The molecule has 0 bridgehead atoms. The van der Waals surface area contributed by atoms with E-state index in [0.29, 0.717) is 6.10 Å². The highest BCUT2D eigenvalue weighted by Crippen LogP contribution is 2.25. The fourth-order valence-electron chi connectivity index (χ4n) is 2.64. The van der Waals surface area contributed by atoms with E-state index in [9.17, 15) is 0 Å². The summed E-state index contributed by atoms with van der Waals surface area (Å²) in [5.41, 5.74) is 1.69. The zero-order valence-electron chi connectivity index (χ0n) is 13.0. The molecule has 1 aromatic heterocycles. The molecule has 4 nitrogen and oxygen atoms in total. The molecule has 1 aliphatic rings. The van der Waals surface area contributed by atoms with Gasteiger partial charge in [-0.15, -0.1) is 0 Å². The minimum atomic E-state index is 0.381. The van der Waals surface area contributed by atoms with Gasteiger partial charge in [-0.25, -0.2) is 4.57 Å². The van der Waals surface area contributed by atoms with Gasteiger partial charge in [0.15, 0.2) is 12.4 Å². The predicted molar refractivity (Wildman–Crippen MR) is 85.7 cm³/mol. The van der Waals surface area contributed by atoms with Gasteiger partial charge in [0.05, 0.1) is 17.5 Å². The van der Waals surface area contributed by atoms with Crippen molar-refractivity contribution in [2.45, 2.75) is 38.2 Å². The number of nitrogens with zero attached hydrogens (tertiary/aromatic N) is 3. The van der Waals surface area contributed by atoms with E-state index in [1.54, 1.807) is 0 Å². The molecule has 0 spiro atoms. The van der Waals surface area contributed by atoms with Gasteiger partial charge < -0.3 is 4.74 Å². The second-order valence-electron chi connectivity index (χ2n) is 5.79. The zero-order valence-corrected chi connectivity index (χ0v) is 13.0. The molecule has 0 radical (unpaired) electrons. The molecule has 1 aliphatic carbocycles. The average molecular weight is 296 g/mol. The van der Waals surface area contributed by atoms with Crippen LogP contribution in [0.15, 0.2) is 59.0 Å². The van der Waals surface area contributed by atoms with Crippen LogP contribution in [0.3, 0.4) is 0 Å². The number of benzene rings is 1. The van der Waals surface area contributed by atoms with Crippen molar-refractivity contribution in [3.63, 3.8) is 0 Å². The predicted octanol–water partition coefficient (Wildman–Crippen LogP) is 4.64. The maximum Gasteiger partial charge on any atom is 0.170 e. The molecule has 0 amide bonds. The Morgan fingerprint density at radius 1 is 0.864 bits per heavy atom. The summed E-state index contributed by atoms with van der Waals surface area (Å²) in [6.45, 7) is 0. The number of hydrogen-bond acceptors (Lipinski definition) is 3. The average Bonchev–Trinajstić information content (AvgIpc) is 2.57. The number of azo groups is 1. The first kappa shape index (κ1) is 14.7. The molecular weight excluding hydrogens is 274 g/mol. The molecule has 1 aromatic carbocycles. The van der Waals surface area contributed by atoms with Crippen molar-refractivity contribution in [1.82, 2.24) is 0 Å². The van der Waals surface area contributed by atoms with Crippen LogP contribution in [-0.4, -0.2) is 6.10 Å². The summed E-state index contributed by atoms with van der Waals surface area (Å²) in [6.07, 6.45) is 10.5. The Balaban J connectivity index is 1.59. The summed E-state index contributed by atoms with van der Waals surface area (Å²) < 4.78 is 7.98. The van der Waals surface area contributed by atoms with Crippen molar-refractivity contribution < 1.29 is 9.30 Å². The molecule has 1 fully saturated rings. The molecular formula is C18H22N3O+. The zero-order chi connectivity index (χ0) is 15.2. The largest absolute Gasteiger partial charge is 0.490 e. The van der Waals surface area contributed by atoms with Crippen molar-refractivity contribution in [3.05, 3.63) is 48.8 Å². The maximum absolute atomic E-state index is 6.01. The van der Waals surface area contributed by atoms with Crippen LogP contribution < -0.4 is 9.30 Å². The fourth-order valence-corrected chi connectivity index (χ4v) is 2.64. The van der Waals surface area contributed by atoms with Crippen LogP contribution in [0.4, 0.5) is 11.4 Å². The summed E-state index contributed by atoms with van der Waals surface area (Å²) in [5.74, 6) is 0.928. The first-order valence-electron chi connectivity index (χ1n) is 7.93. The lowest BCUT2D eigenvalue weighted by Crippen LogP contribution is -2.25. The van der Waals surface area contributed by atoms with E-state index >= 15 is 0 Å². The van der Waals surface area contributed by atoms with Crippen LogP contribution in [0.5, 0.6) is 5.75 Å². The Morgan fingerprint density at radius 2 is 1.45 bits per heavy atom. The molecule has 0 unspecified atom stereocenters. The van der Waals surface area contributed by atoms with Gasteiger partial charge in [0.1, 0.15) is 12.8 Å². The van der Waals surface area contributed by atoms with Crippen LogP contribution in [-0.2, 0) is 7.05 Å². The van der Waals surface area contributed by atoms with Crippen LogP contribution in [0.2, 0.25) is 0 Å². The summed E-state index contributed by atoms with van der Waals surface area (Å²) >= 11 is 0. The van der Waals surface area contributed by atoms with Gasteiger partial charge >= 0.3 is 0 Å². The second kappa shape index (κ2) is 7.16. The standard InChI is InChI=1S/C18H22N3O/c1-21-13-11-16(12-14-21)20-19-15-7-9-18(10-8-15)22-17-5-3-2-4-6-17/h7-14,17H,2-6H2,1H3/q+1. The third kappa shape index (κ3) is 4.13. The fraction of sp³-hybridized carbons (Fsp3) is 0.389. The van der Waals surface area contributed by atoms with Gasteiger partial charge in [-0.05, 0) is 49.9 Å². The lowest BCUT2D eigenvalue weighted by Gasteiger charge is -2.22. The smallest absolute Gasteiger partial charge is 0.170 e. The van der Waals surface area contributed by atoms with Crippen molar-refractivity contribution in [3.8, 4) is 5.75 Å². The molecule has 0 N–H and O–H groups in total. The topological polar surface area (TPSA) is 37.8 Å². The Morgan fingerprint density at radius 3 is 2.09 bits per heavy atom. The Kier molecular flexibility index (Phi) is 4.78. The van der Waals surface area contributed by atoms with Gasteiger partial charge in [0.2, 0.25) is 0 Å². The van der Waals surface area contributed by atoms with E-state index in [0.717, 1.165) is 17.1 Å². The van der Waals surface area contributed by atoms with E-state index in [2.05, 4.69) is 10.2 Å². The number of hydrogen-bond donors (Lipinski definition) is 0. The number of pyridine rings is 1. The van der Waals surface area contributed by atoms with E-state index in [4.69, 9.17) is 4.74 Å². The number of ether oxygens (including phenoxy) is 1. The summed E-state index contributed by atoms with van der Waals surface area (Å²) in [7, 11) is 1.98. The van der Waals surface area contributed by atoms with Crippen molar-refractivity contribution >= 4 is 11.4 Å². The summed E-state index contributed by atoms with van der Waals surface area (Å²) in [5, 5.41) is 8.49. The lowest BCUT2D eigenvalue weighted by atomic mass is 9.98. The van der Waals surface area contributed by atoms with Gasteiger partial charge in [-0.2, -0.15) is 10.2 Å². The van der Waals surface area contributed by atoms with E-state index in [1.807, 2.05) is 60.4 Å². The molecule has 1 saturated carbocycles. The van der Waals surface area contributed by atoms with Gasteiger partial charge in [0, 0.05) is 12.1 Å². The summed E-state index contributed by atoms with van der Waals surface area (Å²) in [4.78, 5) is 0. The van der Waals surface area contributed by atoms with Crippen molar-refractivity contribution in [2.75, 3.05) is 0 Å². The Bertz CT molecular complexity index is 614. The van der Waals surface area contributed by atoms with Crippen LogP contribution in [0, 0.1) is 0 Å². The van der Waals surface area contributed by atoms with Gasteiger partial charge in [-0.3, -0.25) is 0 Å². The Hall–Kier alpha value is -2.23. The van der Waals surface area contributed by atoms with Crippen LogP contribution in [0.1, 0.15) is 32.1 Å². The number of rotatable bonds is 4.